The van der Waals surface area contributed by atoms with Gasteiger partial charge in [-0.25, -0.2) is 9.97 Å². The van der Waals surface area contributed by atoms with Gasteiger partial charge < -0.3 is 5.73 Å². The van der Waals surface area contributed by atoms with Gasteiger partial charge in [0, 0.05) is 6.20 Å². The Morgan fingerprint density at radius 1 is 1.20 bits per heavy atom. The summed E-state index contributed by atoms with van der Waals surface area (Å²) in [6.07, 6.45) is 3.91. The van der Waals surface area contributed by atoms with Crippen molar-refractivity contribution in [2.45, 2.75) is 26.7 Å². The second-order valence-corrected chi connectivity index (χ2v) is 4.98. The van der Waals surface area contributed by atoms with Crippen LogP contribution in [0.3, 0.4) is 0 Å². The highest BCUT2D eigenvalue weighted by Crippen LogP contribution is 2.26. The van der Waals surface area contributed by atoms with E-state index in [1.165, 1.54) is 5.56 Å². The van der Waals surface area contributed by atoms with Gasteiger partial charge in [0.15, 0.2) is 5.65 Å². The van der Waals surface area contributed by atoms with Crippen molar-refractivity contribution in [1.29, 1.82) is 0 Å². The molecule has 0 radical (unpaired) electrons. The SMILES string of the molecule is CCCc1ccccc1-n1c(N)nc2c(C)ccnc21. The van der Waals surface area contributed by atoms with Crippen molar-refractivity contribution in [1.82, 2.24) is 14.5 Å². The van der Waals surface area contributed by atoms with Crippen LogP contribution in [-0.4, -0.2) is 14.5 Å². The van der Waals surface area contributed by atoms with Crippen LogP contribution < -0.4 is 5.73 Å². The van der Waals surface area contributed by atoms with Crippen molar-refractivity contribution in [3.05, 3.63) is 47.7 Å². The lowest BCUT2D eigenvalue weighted by atomic mass is 10.1. The summed E-state index contributed by atoms with van der Waals surface area (Å²) in [7, 11) is 0. The Labute approximate surface area is 118 Å². The van der Waals surface area contributed by atoms with Crippen LogP contribution in [0.1, 0.15) is 24.5 Å². The normalized spacial score (nSPS) is 11.1. The van der Waals surface area contributed by atoms with Crippen LogP contribution >= 0.6 is 0 Å². The monoisotopic (exact) mass is 266 g/mol. The van der Waals surface area contributed by atoms with Crippen LogP contribution in [0.5, 0.6) is 0 Å². The fourth-order valence-electron chi connectivity index (χ4n) is 2.56. The lowest BCUT2D eigenvalue weighted by Gasteiger charge is -2.11. The van der Waals surface area contributed by atoms with Crippen LogP contribution in [0, 0.1) is 6.92 Å². The number of nitrogen functional groups attached to an aromatic ring is 1. The van der Waals surface area contributed by atoms with Gasteiger partial charge in [-0.15, -0.1) is 0 Å². The first-order valence-electron chi connectivity index (χ1n) is 6.90. The maximum Gasteiger partial charge on any atom is 0.207 e. The number of benzene rings is 1. The van der Waals surface area contributed by atoms with E-state index in [4.69, 9.17) is 5.73 Å². The summed E-state index contributed by atoms with van der Waals surface area (Å²) in [5.74, 6) is 0.491. The Hall–Kier alpha value is -2.36. The van der Waals surface area contributed by atoms with Crippen molar-refractivity contribution >= 4 is 17.1 Å². The number of aromatic nitrogens is 3. The fourth-order valence-corrected chi connectivity index (χ4v) is 2.56. The molecule has 1 aromatic carbocycles. The van der Waals surface area contributed by atoms with Crippen LogP contribution in [0.2, 0.25) is 0 Å². The first kappa shape index (κ1) is 12.7. The molecule has 0 atom stereocenters. The number of nitrogens with zero attached hydrogens (tertiary/aromatic N) is 3. The Morgan fingerprint density at radius 3 is 2.80 bits per heavy atom. The number of para-hydroxylation sites is 1. The summed E-state index contributed by atoms with van der Waals surface area (Å²) in [5.41, 5.74) is 11.3. The lowest BCUT2D eigenvalue weighted by molar-refractivity contribution is 0.903. The molecule has 0 amide bonds. The number of hydrogen-bond donors (Lipinski definition) is 1. The molecule has 0 saturated heterocycles. The topological polar surface area (TPSA) is 56.7 Å². The van der Waals surface area contributed by atoms with E-state index in [0.29, 0.717) is 5.95 Å². The van der Waals surface area contributed by atoms with Gasteiger partial charge in [0.05, 0.1) is 5.69 Å². The van der Waals surface area contributed by atoms with Gasteiger partial charge in [0.25, 0.3) is 0 Å². The minimum Gasteiger partial charge on any atom is -0.369 e. The molecule has 0 aliphatic carbocycles. The highest BCUT2D eigenvalue weighted by Gasteiger charge is 2.14. The molecule has 2 heterocycles. The highest BCUT2D eigenvalue weighted by atomic mass is 15.2. The predicted molar refractivity (Wildman–Crippen MR) is 82.0 cm³/mol. The molecule has 0 saturated carbocycles. The molecule has 4 nitrogen and oxygen atoms in total. The van der Waals surface area contributed by atoms with Crippen molar-refractivity contribution in [2.24, 2.45) is 0 Å². The molecule has 0 aliphatic rings. The summed E-state index contributed by atoms with van der Waals surface area (Å²) in [5, 5.41) is 0. The number of aryl methyl sites for hydroxylation is 2. The molecule has 0 unspecified atom stereocenters. The summed E-state index contributed by atoms with van der Waals surface area (Å²) in [6.45, 7) is 4.20. The van der Waals surface area contributed by atoms with E-state index in [-0.39, 0.29) is 0 Å². The van der Waals surface area contributed by atoms with Crippen molar-refractivity contribution in [3.63, 3.8) is 0 Å². The number of pyridine rings is 1. The molecule has 0 fully saturated rings. The molecule has 3 aromatic rings. The van der Waals surface area contributed by atoms with Crippen molar-refractivity contribution < 1.29 is 0 Å². The zero-order chi connectivity index (χ0) is 14.1. The highest BCUT2D eigenvalue weighted by molar-refractivity contribution is 5.80. The molecule has 0 aliphatic heterocycles. The third-order valence-corrected chi connectivity index (χ3v) is 3.53. The standard InChI is InChI=1S/C16H18N4/c1-3-6-12-7-4-5-8-13(12)20-15-14(19-16(20)17)11(2)9-10-18-15/h4-5,7-10H,3,6H2,1-2H3,(H2,17,19). The van der Waals surface area contributed by atoms with E-state index in [1.807, 2.05) is 23.6 Å². The predicted octanol–water partition coefficient (Wildman–Crippen LogP) is 3.26. The third-order valence-electron chi connectivity index (χ3n) is 3.53. The number of fused-ring (bicyclic) bond motifs is 1. The van der Waals surface area contributed by atoms with Gasteiger partial charge in [-0.3, -0.25) is 4.57 Å². The molecule has 4 heteroatoms. The van der Waals surface area contributed by atoms with Crippen LogP contribution in [0.25, 0.3) is 16.9 Å². The molecule has 0 spiro atoms. The van der Waals surface area contributed by atoms with E-state index < -0.39 is 0 Å². The van der Waals surface area contributed by atoms with Gasteiger partial charge in [0.2, 0.25) is 5.95 Å². The van der Waals surface area contributed by atoms with Gasteiger partial charge >= 0.3 is 0 Å². The smallest absolute Gasteiger partial charge is 0.207 e. The van der Waals surface area contributed by atoms with Crippen LogP contribution in [0.4, 0.5) is 5.95 Å². The number of anilines is 1. The lowest BCUT2D eigenvalue weighted by Crippen LogP contribution is -2.04. The molecular weight excluding hydrogens is 248 g/mol. The Balaban J connectivity index is 2.30. The zero-order valence-electron chi connectivity index (χ0n) is 11.8. The van der Waals surface area contributed by atoms with Crippen molar-refractivity contribution in [3.8, 4) is 5.69 Å². The minimum absolute atomic E-state index is 0.491. The first-order valence-corrected chi connectivity index (χ1v) is 6.90. The van der Waals surface area contributed by atoms with E-state index in [9.17, 15) is 0 Å². The van der Waals surface area contributed by atoms with E-state index in [2.05, 4.69) is 35.1 Å². The quantitative estimate of drug-likeness (QED) is 0.791. The summed E-state index contributed by atoms with van der Waals surface area (Å²) < 4.78 is 1.95. The number of nitrogens with two attached hydrogens (primary N) is 1. The first-order chi connectivity index (χ1) is 9.72. The Morgan fingerprint density at radius 2 is 2.00 bits per heavy atom. The van der Waals surface area contributed by atoms with Gasteiger partial charge in [-0.05, 0) is 36.6 Å². The molecule has 20 heavy (non-hydrogen) atoms. The second kappa shape index (κ2) is 4.96. The Bertz CT molecular complexity index is 758. The maximum absolute atomic E-state index is 6.13. The number of hydrogen-bond acceptors (Lipinski definition) is 3. The maximum atomic E-state index is 6.13. The minimum atomic E-state index is 0.491. The fraction of sp³-hybridized carbons (Fsp3) is 0.250. The van der Waals surface area contributed by atoms with E-state index in [0.717, 1.165) is 35.3 Å². The number of rotatable bonds is 3. The largest absolute Gasteiger partial charge is 0.369 e. The Kier molecular flexibility index (Phi) is 3.14. The van der Waals surface area contributed by atoms with E-state index in [1.54, 1.807) is 6.20 Å². The van der Waals surface area contributed by atoms with E-state index >= 15 is 0 Å². The molecule has 0 bridgehead atoms. The second-order valence-electron chi connectivity index (χ2n) is 4.98. The van der Waals surface area contributed by atoms with Crippen LogP contribution in [-0.2, 0) is 6.42 Å². The van der Waals surface area contributed by atoms with Crippen molar-refractivity contribution in [2.75, 3.05) is 5.73 Å². The summed E-state index contributed by atoms with van der Waals surface area (Å²) in [6, 6.07) is 10.3. The zero-order valence-corrected chi connectivity index (χ0v) is 11.8. The third kappa shape index (κ3) is 1.93. The molecule has 2 N–H and O–H groups in total. The molecule has 2 aromatic heterocycles. The molecule has 3 rings (SSSR count). The van der Waals surface area contributed by atoms with Crippen LogP contribution in [0.15, 0.2) is 36.5 Å². The van der Waals surface area contributed by atoms with Gasteiger partial charge in [-0.1, -0.05) is 31.5 Å². The van der Waals surface area contributed by atoms with Gasteiger partial charge in [0.1, 0.15) is 5.52 Å². The molecular formula is C16H18N4. The average molecular weight is 266 g/mol. The number of imidazole rings is 1. The summed E-state index contributed by atoms with van der Waals surface area (Å²) in [4.78, 5) is 8.93. The van der Waals surface area contributed by atoms with Gasteiger partial charge in [-0.2, -0.15) is 0 Å². The average Bonchev–Trinajstić information content (AvgIpc) is 2.78. The summed E-state index contributed by atoms with van der Waals surface area (Å²) >= 11 is 0. The molecule has 102 valence electrons.